The molecule has 2 aromatic carbocycles. The van der Waals surface area contributed by atoms with Gasteiger partial charge in [0, 0.05) is 17.3 Å². The third-order valence-corrected chi connectivity index (χ3v) is 4.09. The van der Waals surface area contributed by atoms with Gasteiger partial charge in [-0.05, 0) is 38.1 Å². The number of methoxy groups -OCH3 is 1. The van der Waals surface area contributed by atoms with Crippen LogP contribution in [0.5, 0.6) is 5.75 Å². The van der Waals surface area contributed by atoms with Crippen molar-refractivity contribution in [2.45, 2.75) is 20.0 Å². The van der Waals surface area contributed by atoms with Crippen LogP contribution < -0.4 is 10.1 Å². The average molecular weight is 393 g/mol. The van der Waals surface area contributed by atoms with Crippen LogP contribution >= 0.6 is 11.6 Å². The molecule has 0 fully saturated rings. The first-order valence-electron chi connectivity index (χ1n) is 7.84. The van der Waals surface area contributed by atoms with Gasteiger partial charge in [-0.3, -0.25) is 14.9 Å². The Bertz CT molecular complexity index is 899. The van der Waals surface area contributed by atoms with Gasteiger partial charge in [-0.15, -0.1) is 0 Å². The van der Waals surface area contributed by atoms with Gasteiger partial charge >= 0.3 is 5.97 Å². The van der Waals surface area contributed by atoms with Gasteiger partial charge in [-0.2, -0.15) is 0 Å². The number of rotatable bonds is 6. The lowest BCUT2D eigenvalue weighted by Gasteiger charge is -2.15. The van der Waals surface area contributed by atoms with Crippen molar-refractivity contribution in [3.05, 3.63) is 62.7 Å². The number of carbonyl (C=O) groups is 2. The van der Waals surface area contributed by atoms with Crippen molar-refractivity contribution in [3.63, 3.8) is 0 Å². The molecule has 2 rings (SSSR count). The summed E-state index contributed by atoms with van der Waals surface area (Å²) in [5.74, 6) is -0.949. The number of hydrogen-bond donors (Lipinski definition) is 1. The van der Waals surface area contributed by atoms with E-state index in [-0.39, 0.29) is 16.8 Å². The van der Waals surface area contributed by atoms with E-state index in [0.29, 0.717) is 16.5 Å². The first-order valence-corrected chi connectivity index (χ1v) is 8.21. The van der Waals surface area contributed by atoms with E-state index in [1.54, 1.807) is 12.1 Å². The number of amides is 1. The van der Waals surface area contributed by atoms with Crippen LogP contribution in [0.2, 0.25) is 5.02 Å². The maximum absolute atomic E-state index is 12.3. The number of nitrogens with zero attached hydrogens (tertiary/aromatic N) is 1. The molecule has 1 N–H and O–H groups in total. The van der Waals surface area contributed by atoms with Crippen LogP contribution in [0.15, 0.2) is 36.4 Å². The smallest absolute Gasteiger partial charge is 0.339 e. The summed E-state index contributed by atoms with van der Waals surface area (Å²) < 4.78 is 10.2. The molecule has 2 aromatic rings. The van der Waals surface area contributed by atoms with Gasteiger partial charge in [-0.25, -0.2) is 4.79 Å². The highest BCUT2D eigenvalue weighted by Gasteiger charge is 2.23. The molecule has 0 aliphatic carbocycles. The summed E-state index contributed by atoms with van der Waals surface area (Å²) in [6, 6.07) is 8.74. The van der Waals surface area contributed by atoms with Crippen LogP contribution in [0, 0.1) is 17.0 Å². The zero-order chi connectivity index (χ0) is 20.1. The Balaban J connectivity index is 2.08. The van der Waals surface area contributed by atoms with E-state index in [4.69, 9.17) is 21.1 Å². The SMILES string of the molecule is COc1ccc(NC(=O)[C@H](C)OC(=O)c2cccc([N+](=O)[O-])c2C)cc1Cl. The standard InChI is InChI=1S/C18H17ClN2O6/c1-10-13(5-4-6-15(10)21(24)25)18(23)27-11(2)17(22)20-12-7-8-16(26-3)14(19)9-12/h4-9,11H,1-3H3,(H,20,22)/t11-/m0/s1. The van der Waals surface area contributed by atoms with E-state index >= 15 is 0 Å². The third-order valence-electron chi connectivity index (χ3n) is 3.79. The summed E-state index contributed by atoms with van der Waals surface area (Å²) in [7, 11) is 1.47. The fraction of sp³-hybridized carbons (Fsp3) is 0.222. The van der Waals surface area contributed by atoms with Crippen LogP contribution in [-0.2, 0) is 9.53 Å². The summed E-state index contributed by atoms with van der Waals surface area (Å²) in [4.78, 5) is 34.9. The molecule has 0 saturated carbocycles. The molecule has 0 aliphatic heterocycles. The molecule has 142 valence electrons. The van der Waals surface area contributed by atoms with E-state index in [1.807, 2.05) is 0 Å². The Hall–Kier alpha value is -3.13. The quantitative estimate of drug-likeness (QED) is 0.455. The average Bonchev–Trinajstić information content (AvgIpc) is 2.61. The molecule has 27 heavy (non-hydrogen) atoms. The van der Waals surface area contributed by atoms with E-state index in [0.717, 1.165) is 0 Å². The lowest BCUT2D eigenvalue weighted by molar-refractivity contribution is -0.385. The summed E-state index contributed by atoms with van der Waals surface area (Å²) in [5.41, 5.74) is 0.396. The van der Waals surface area contributed by atoms with Crippen LogP contribution in [-0.4, -0.2) is 30.0 Å². The predicted octanol–water partition coefficient (Wildman–Crippen LogP) is 3.75. The number of benzene rings is 2. The van der Waals surface area contributed by atoms with Crippen molar-refractivity contribution < 1.29 is 24.0 Å². The minimum atomic E-state index is -1.13. The molecule has 8 nitrogen and oxygen atoms in total. The second kappa shape index (κ2) is 8.50. The summed E-state index contributed by atoms with van der Waals surface area (Å²) in [5, 5.41) is 13.9. The number of ether oxygens (including phenoxy) is 2. The monoisotopic (exact) mass is 392 g/mol. The largest absolute Gasteiger partial charge is 0.495 e. The van der Waals surface area contributed by atoms with Crippen molar-refractivity contribution in [1.29, 1.82) is 0 Å². The maximum Gasteiger partial charge on any atom is 0.339 e. The number of anilines is 1. The Kier molecular flexibility index (Phi) is 6.36. The van der Waals surface area contributed by atoms with E-state index < -0.39 is 22.9 Å². The molecular weight excluding hydrogens is 376 g/mol. The summed E-state index contributed by atoms with van der Waals surface area (Å²) in [6.07, 6.45) is -1.13. The minimum Gasteiger partial charge on any atom is -0.495 e. The maximum atomic E-state index is 12.3. The number of halogens is 1. The normalized spacial score (nSPS) is 11.4. The second-order valence-corrected chi connectivity index (χ2v) is 6.00. The molecule has 0 heterocycles. The first kappa shape index (κ1) is 20.2. The summed E-state index contributed by atoms with van der Waals surface area (Å²) >= 11 is 6.00. The zero-order valence-corrected chi connectivity index (χ0v) is 15.6. The van der Waals surface area contributed by atoms with E-state index in [2.05, 4.69) is 5.32 Å². The molecule has 1 amide bonds. The first-order chi connectivity index (χ1) is 12.7. The lowest BCUT2D eigenvalue weighted by Crippen LogP contribution is -2.30. The van der Waals surface area contributed by atoms with Gasteiger partial charge in [-0.1, -0.05) is 17.7 Å². The molecule has 0 saturated heterocycles. The molecule has 0 unspecified atom stereocenters. The highest BCUT2D eigenvalue weighted by Crippen LogP contribution is 2.27. The van der Waals surface area contributed by atoms with Gasteiger partial charge in [0.25, 0.3) is 11.6 Å². The van der Waals surface area contributed by atoms with Crippen molar-refractivity contribution in [3.8, 4) is 5.75 Å². The summed E-state index contributed by atoms with van der Waals surface area (Å²) in [6.45, 7) is 2.84. The molecule has 0 radical (unpaired) electrons. The highest BCUT2D eigenvalue weighted by molar-refractivity contribution is 6.32. The number of esters is 1. The van der Waals surface area contributed by atoms with Gasteiger partial charge in [0.1, 0.15) is 5.75 Å². The van der Waals surface area contributed by atoms with Crippen molar-refractivity contribution in [1.82, 2.24) is 0 Å². The van der Waals surface area contributed by atoms with Crippen LogP contribution in [0.25, 0.3) is 0 Å². The third kappa shape index (κ3) is 4.73. The highest BCUT2D eigenvalue weighted by atomic mass is 35.5. The molecular formula is C18H17ClN2O6. The Morgan fingerprint density at radius 2 is 1.96 bits per heavy atom. The topological polar surface area (TPSA) is 108 Å². The van der Waals surface area contributed by atoms with Gasteiger partial charge in [0.2, 0.25) is 0 Å². The fourth-order valence-electron chi connectivity index (χ4n) is 2.31. The van der Waals surface area contributed by atoms with Crippen molar-refractivity contribution >= 4 is 34.9 Å². The number of nitrogens with one attached hydrogen (secondary N) is 1. The Morgan fingerprint density at radius 1 is 1.26 bits per heavy atom. The Labute approximate surface area is 160 Å². The van der Waals surface area contributed by atoms with Crippen LogP contribution in [0.1, 0.15) is 22.8 Å². The molecule has 9 heteroatoms. The molecule has 1 atom stereocenters. The number of hydrogen-bond acceptors (Lipinski definition) is 6. The molecule has 0 spiro atoms. The lowest BCUT2D eigenvalue weighted by atomic mass is 10.1. The second-order valence-electron chi connectivity index (χ2n) is 5.59. The zero-order valence-electron chi connectivity index (χ0n) is 14.8. The molecule has 0 aliphatic rings. The number of nitro groups is 1. The molecule has 0 aromatic heterocycles. The van der Waals surface area contributed by atoms with Crippen LogP contribution in [0.4, 0.5) is 11.4 Å². The predicted molar refractivity (Wildman–Crippen MR) is 99.3 cm³/mol. The number of carbonyl (C=O) groups excluding carboxylic acids is 2. The van der Waals surface area contributed by atoms with E-state index in [9.17, 15) is 19.7 Å². The Morgan fingerprint density at radius 3 is 2.56 bits per heavy atom. The van der Waals surface area contributed by atoms with Gasteiger partial charge < -0.3 is 14.8 Å². The van der Waals surface area contributed by atoms with Crippen LogP contribution in [0.3, 0.4) is 0 Å². The van der Waals surface area contributed by atoms with Crippen molar-refractivity contribution in [2.24, 2.45) is 0 Å². The van der Waals surface area contributed by atoms with Gasteiger partial charge in [0.05, 0.1) is 22.6 Å². The molecule has 0 bridgehead atoms. The fourth-order valence-corrected chi connectivity index (χ4v) is 2.57. The number of nitro benzene ring substituents is 1. The minimum absolute atomic E-state index is 0.0244. The van der Waals surface area contributed by atoms with Crippen molar-refractivity contribution in [2.75, 3.05) is 12.4 Å². The van der Waals surface area contributed by atoms with E-state index in [1.165, 1.54) is 45.2 Å². The van der Waals surface area contributed by atoms with Gasteiger partial charge in [0.15, 0.2) is 6.10 Å².